The molecule has 2 aromatic rings. The average molecular weight is 453 g/mol. The maximum absolute atomic E-state index is 12.8. The molecular formula is C26H36N4O3. The summed E-state index contributed by atoms with van der Waals surface area (Å²) in [7, 11) is 0. The summed E-state index contributed by atoms with van der Waals surface area (Å²) in [4.78, 5) is 26.5. The fourth-order valence-corrected chi connectivity index (χ4v) is 3.96. The van der Waals surface area contributed by atoms with E-state index in [4.69, 9.17) is 4.74 Å². The molecule has 0 aromatic heterocycles. The second kappa shape index (κ2) is 10.6. The molecule has 0 unspecified atom stereocenters. The van der Waals surface area contributed by atoms with Crippen LogP contribution >= 0.6 is 0 Å². The number of carbonyl (C=O) groups excluding carboxylic acids is 2. The van der Waals surface area contributed by atoms with Gasteiger partial charge in [0.15, 0.2) is 0 Å². The van der Waals surface area contributed by atoms with Crippen LogP contribution in [0.3, 0.4) is 0 Å². The van der Waals surface area contributed by atoms with E-state index in [2.05, 4.69) is 40.8 Å². The van der Waals surface area contributed by atoms with Crippen LogP contribution in [0.2, 0.25) is 0 Å². The van der Waals surface area contributed by atoms with Gasteiger partial charge in [0.2, 0.25) is 5.91 Å². The van der Waals surface area contributed by atoms with Crippen LogP contribution in [0.1, 0.15) is 58.1 Å². The van der Waals surface area contributed by atoms with Gasteiger partial charge in [-0.1, -0.05) is 24.3 Å². The molecule has 1 heterocycles. The van der Waals surface area contributed by atoms with Crippen LogP contribution in [0.15, 0.2) is 42.5 Å². The van der Waals surface area contributed by atoms with Crippen LogP contribution in [-0.2, 0) is 16.1 Å². The monoisotopic (exact) mass is 452 g/mol. The Hall–Kier alpha value is -3.22. The molecule has 7 nitrogen and oxygen atoms in total. The molecule has 7 heteroatoms. The number of hydrazine groups is 1. The Morgan fingerprint density at radius 1 is 1.03 bits per heavy atom. The van der Waals surface area contributed by atoms with Crippen LogP contribution in [0.25, 0.3) is 0 Å². The van der Waals surface area contributed by atoms with Gasteiger partial charge >= 0.3 is 6.09 Å². The van der Waals surface area contributed by atoms with Gasteiger partial charge in [0.1, 0.15) is 5.60 Å². The van der Waals surface area contributed by atoms with E-state index in [1.807, 2.05) is 50.0 Å². The smallest absolute Gasteiger partial charge is 0.426 e. The summed E-state index contributed by atoms with van der Waals surface area (Å²) >= 11 is 0. The fraction of sp³-hybridized carbons (Fsp3) is 0.462. The van der Waals surface area contributed by atoms with Gasteiger partial charge in [-0.25, -0.2) is 15.2 Å². The largest absolute Gasteiger partial charge is 0.443 e. The van der Waals surface area contributed by atoms with E-state index in [-0.39, 0.29) is 5.91 Å². The molecule has 0 atom stereocenters. The molecule has 0 bridgehead atoms. The summed E-state index contributed by atoms with van der Waals surface area (Å²) in [5, 5.41) is 4.63. The Kier molecular flexibility index (Phi) is 7.84. The first-order valence-electron chi connectivity index (χ1n) is 11.6. The molecule has 0 spiro atoms. The third-order valence-electron chi connectivity index (χ3n) is 5.47. The van der Waals surface area contributed by atoms with Crippen LogP contribution in [0, 0.1) is 6.92 Å². The number of carbonyl (C=O) groups is 2. The highest BCUT2D eigenvalue weighted by Gasteiger charge is 2.25. The summed E-state index contributed by atoms with van der Waals surface area (Å²) < 4.78 is 5.57. The fourth-order valence-electron chi connectivity index (χ4n) is 3.96. The zero-order valence-corrected chi connectivity index (χ0v) is 20.4. The van der Waals surface area contributed by atoms with Crippen molar-refractivity contribution in [3.8, 4) is 0 Å². The van der Waals surface area contributed by atoms with Crippen molar-refractivity contribution in [3.05, 3.63) is 53.6 Å². The zero-order valence-electron chi connectivity index (χ0n) is 20.4. The maximum Gasteiger partial charge on any atom is 0.426 e. The average Bonchev–Trinajstić information content (AvgIpc) is 2.76. The third kappa shape index (κ3) is 6.88. The number of ether oxygens (including phenoxy) is 1. The van der Waals surface area contributed by atoms with E-state index in [1.165, 1.54) is 13.3 Å². The number of benzene rings is 2. The minimum Gasteiger partial charge on any atom is -0.443 e. The summed E-state index contributed by atoms with van der Waals surface area (Å²) in [5.74, 6) is -0.0709. The predicted octanol–water partition coefficient (Wildman–Crippen LogP) is 5.20. The number of piperidine rings is 1. The first kappa shape index (κ1) is 24.4. The number of aryl methyl sites for hydroxylation is 1. The topological polar surface area (TPSA) is 73.9 Å². The third-order valence-corrected chi connectivity index (χ3v) is 5.47. The molecule has 1 saturated heterocycles. The molecule has 2 aromatic carbocycles. The van der Waals surface area contributed by atoms with E-state index in [0.717, 1.165) is 54.1 Å². The molecule has 1 aliphatic heterocycles. The van der Waals surface area contributed by atoms with Gasteiger partial charge in [-0.05, 0) is 76.3 Å². The minimum atomic E-state index is -0.612. The number of hydrogen-bond donors (Lipinski definition) is 2. The molecule has 1 fully saturated rings. The Balaban J connectivity index is 1.99. The maximum atomic E-state index is 12.8. The van der Waals surface area contributed by atoms with Crippen LogP contribution in [0.5, 0.6) is 0 Å². The highest BCUT2D eigenvalue weighted by atomic mass is 16.6. The van der Waals surface area contributed by atoms with Gasteiger partial charge < -0.3 is 15.0 Å². The quantitative estimate of drug-likeness (QED) is 0.590. The van der Waals surface area contributed by atoms with Crippen molar-refractivity contribution in [2.24, 2.45) is 0 Å². The number of rotatable bonds is 6. The SMILES string of the molecule is CC(=O)NCc1ccc(N(NC(=O)OC(C)(C)C)c2c(C)cccc2N2CCCCC2)cc1. The lowest BCUT2D eigenvalue weighted by molar-refractivity contribution is -0.119. The van der Waals surface area contributed by atoms with Crippen LogP contribution < -0.4 is 20.7 Å². The van der Waals surface area contributed by atoms with Gasteiger partial charge in [-0.3, -0.25) is 4.79 Å². The molecule has 0 radical (unpaired) electrons. The van der Waals surface area contributed by atoms with Gasteiger partial charge in [-0.15, -0.1) is 0 Å². The Morgan fingerprint density at radius 3 is 2.30 bits per heavy atom. The minimum absolute atomic E-state index is 0.0709. The van der Waals surface area contributed by atoms with Crippen molar-refractivity contribution in [2.75, 3.05) is 23.0 Å². The highest BCUT2D eigenvalue weighted by Crippen LogP contribution is 2.37. The summed E-state index contributed by atoms with van der Waals surface area (Å²) in [5.41, 5.74) is 7.22. The molecule has 2 N–H and O–H groups in total. The van der Waals surface area contributed by atoms with E-state index in [0.29, 0.717) is 6.54 Å². The van der Waals surface area contributed by atoms with E-state index < -0.39 is 11.7 Å². The molecule has 178 valence electrons. The Morgan fingerprint density at radius 2 is 1.70 bits per heavy atom. The number of para-hydroxylation sites is 1. The number of amides is 2. The molecule has 0 saturated carbocycles. The first-order chi connectivity index (χ1) is 15.6. The van der Waals surface area contributed by atoms with Gasteiger partial charge in [0.25, 0.3) is 0 Å². The molecule has 3 rings (SSSR count). The number of nitrogens with zero attached hydrogens (tertiary/aromatic N) is 2. The summed E-state index contributed by atoms with van der Waals surface area (Å²) in [6.45, 7) is 11.5. The predicted molar refractivity (Wildman–Crippen MR) is 133 cm³/mol. The Bertz CT molecular complexity index is 960. The lowest BCUT2D eigenvalue weighted by Gasteiger charge is -2.35. The van der Waals surface area contributed by atoms with Crippen molar-refractivity contribution in [1.29, 1.82) is 0 Å². The Labute approximate surface area is 197 Å². The van der Waals surface area contributed by atoms with Crippen molar-refractivity contribution in [3.63, 3.8) is 0 Å². The molecule has 33 heavy (non-hydrogen) atoms. The molecule has 0 aliphatic carbocycles. The van der Waals surface area contributed by atoms with Gasteiger partial charge in [-0.2, -0.15) is 0 Å². The first-order valence-corrected chi connectivity index (χ1v) is 11.6. The van der Waals surface area contributed by atoms with E-state index >= 15 is 0 Å². The molecular weight excluding hydrogens is 416 g/mol. The summed E-state index contributed by atoms with van der Waals surface area (Å²) in [6.07, 6.45) is 3.04. The second-order valence-corrected chi connectivity index (χ2v) is 9.52. The van der Waals surface area contributed by atoms with Crippen molar-refractivity contribution in [2.45, 2.75) is 66.0 Å². The lowest BCUT2D eigenvalue weighted by atomic mass is 10.1. The van der Waals surface area contributed by atoms with Crippen LogP contribution in [-0.4, -0.2) is 30.7 Å². The number of nitrogens with one attached hydrogen (secondary N) is 2. The molecule has 1 aliphatic rings. The number of hydrogen-bond acceptors (Lipinski definition) is 5. The van der Waals surface area contributed by atoms with Gasteiger partial charge in [0, 0.05) is 26.6 Å². The molecule has 2 amide bonds. The zero-order chi connectivity index (χ0) is 24.0. The van der Waals surface area contributed by atoms with Gasteiger partial charge in [0.05, 0.1) is 17.1 Å². The van der Waals surface area contributed by atoms with E-state index in [9.17, 15) is 9.59 Å². The van der Waals surface area contributed by atoms with Crippen molar-refractivity contribution in [1.82, 2.24) is 10.7 Å². The normalized spacial score (nSPS) is 13.9. The lowest BCUT2D eigenvalue weighted by Crippen LogP contribution is -2.43. The summed E-state index contributed by atoms with van der Waals surface area (Å²) in [6, 6.07) is 14.0. The highest BCUT2D eigenvalue weighted by molar-refractivity contribution is 5.83. The van der Waals surface area contributed by atoms with E-state index in [1.54, 1.807) is 0 Å². The van der Waals surface area contributed by atoms with Crippen molar-refractivity contribution < 1.29 is 14.3 Å². The standard InChI is InChI=1S/C26H36N4O3/c1-19-10-9-11-23(29-16-7-6-8-17-29)24(19)30(28-25(32)33-26(3,4)5)22-14-12-21(13-15-22)18-27-20(2)31/h9-15H,6-8,16-18H2,1-5H3,(H,27,31)(H,28,32). The van der Waals surface area contributed by atoms with Crippen LogP contribution in [0.4, 0.5) is 21.9 Å². The second-order valence-electron chi connectivity index (χ2n) is 9.52. The number of anilines is 3. The van der Waals surface area contributed by atoms with Crippen molar-refractivity contribution >= 4 is 29.1 Å².